The van der Waals surface area contributed by atoms with Crippen molar-refractivity contribution in [2.75, 3.05) is 5.73 Å². The molecule has 6 heteroatoms. The monoisotopic (exact) mass is 336 g/mol. The van der Waals surface area contributed by atoms with Crippen molar-refractivity contribution < 1.29 is 4.79 Å². The third-order valence-corrected chi connectivity index (χ3v) is 3.53. The summed E-state index contributed by atoms with van der Waals surface area (Å²) in [6, 6.07) is 5.21. The molecule has 2 aromatic rings. The number of anilines is 1. The number of ketones is 1. The van der Waals surface area contributed by atoms with E-state index in [1.54, 1.807) is 22.9 Å². The smallest absolute Gasteiger partial charge is 0.171 e. The van der Waals surface area contributed by atoms with E-state index in [9.17, 15) is 4.79 Å². The van der Waals surface area contributed by atoms with Crippen LogP contribution in [0.1, 0.15) is 30.0 Å². The van der Waals surface area contributed by atoms with Gasteiger partial charge in [-0.2, -0.15) is 5.10 Å². The molecule has 0 saturated heterocycles. The van der Waals surface area contributed by atoms with Crippen molar-refractivity contribution >= 4 is 27.4 Å². The van der Waals surface area contributed by atoms with E-state index < -0.39 is 0 Å². The van der Waals surface area contributed by atoms with Crippen LogP contribution < -0.4 is 5.73 Å². The number of carbonyl (C=O) groups is 1. The molecule has 0 bridgehead atoms. The van der Waals surface area contributed by atoms with Gasteiger partial charge in [-0.05, 0) is 24.1 Å². The Bertz CT molecular complexity index is 621. The number of carbonyl (C=O) groups excluding carboxylic acids is 1. The highest BCUT2D eigenvalue weighted by atomic mass is 79.9. The highest BCUT2D eigenvalue weighted by molar-refractivity contribution is 9.10. The Morgan fingerprint density at radius 1 is 1.45 bits per heavy atom. The van der Waals surface area contributed by atoms with Gasteiger partial charge in [-0.3, -0.25) is 4.79 Å². The lowest BCUT2D eigenvalue weighted by Crippen LogP contribution is -2.14. The predicted octanol–water partition coefficient (Wildman–Crippen LogP) is 2.70. The van der Waals surface area contributed by atoms with Gasteiger partial charge in [-0.15, -0.1) is 0 Å². The molecule has 0 spiro atoms. The summed E-state index contributed by atoms with van der Waals surface area (Å²) in [7, 11) is 0. The van der Waals surface area contributed by atoms with Gasteiger partial charge >= 0.3 is 0 Å². The van der Waals surface area contributed by atoms with E-state index in [4.69, 9.17) is 5.73 Å². The fourth-order valence-corrected chi connectivity index (χ4v) is 2.39. The Balaban J connectivity index is 2.20. The molecule has 106 valence electrons. The molecule has 0 unspecified atom stereocenters. The maximum atomic E-state index is 12.4. The van der Waals surface area contributed by atoms with E-state index in [-0.39, 0.29) is 12.2 Å². The topological polar surface area (TPSA) is 73.8 Å². The lowest BCUT2D eigenvalue weighted by Gasteiger charge is -2.09. The molecule has 0 atom stereocenters. The summed E-state index contributed by atoms with van der Waals surface area (Å²) in [6.45, 7) is 4.95. The largest absolute Gasteiger partial charge is 0.399 e. The summed E-state index contributed by atoms with van der Waals surface area (Å²) in [5.74, 6) is 1.10. The van der Waals surface area contributed by atoms with Gasteiger partial charge < -0.3 is 5.73 Å². The molecule has 0 aliphatic rings. The summed E-state index contributed by atoms with van der Waals surface area (Å²) in [6.07, 6.45) is 1.70. The van der Waals surface area contributed by atoms with Gasteiger partial charge in [0, 0.05) is 22.3 Å². The molecule has 0 radical (unpaired) electrons. The van der Waals surface area contributed by atoms with Crippen molar-refractivity contribution in [2.45, 2.75) is 26.8 Å². The number of hydrogen-bond donors (Lipinski definition) is 1. The maximum absolute atomic E-state index is 12.4. The molecule has 1 aromatic heterocycles. The second kappa shape index (κ2) is 6.17. The molecule has 0 fully saturated rings. The third kappa shape index (κ3) is 3.45. The fourth-order valence-electron chi connectivity index (χ4n) is 1.92. The van der Waals surface area contributed by atoms with Crippen molar-refractivity contribution in [1.82, 2.24) is 14.8 Å². The molecule has 2 N–H and O–H groups in total. The molecule has 5 nitrogen and oxygen atoms in total. The zero-order valence-corrected chi connectivity index (χ0v) is 13.1. The van der Waals surface area contributed by atoms with Crippen LogP contribution in [0, 0.1) is 5.92 Å². The fraction of sp³-hybridized carbons (Fsp3) is 0.357. The van der Waals surface area contributed by atoms with E-state index in [1.807, 2.05) is 0 Å². The van der Waals surface area contributed by atoms with Crippen LogP contribution in [0.5, 0.6) is 0 Å². The highest BCUT2D eigenvalue weighted by Gasteiger charge is 2.15. The average Bonchev–Trinajstić information content (AvgIpc) is 2.78. The summed E-state index contributed by atoms with van der Waals surface area (Å²) >= 11 is 3.37. The number of halogens is 1. The second-order valence-corrected chi connectivity index (χ2v) is 5.95. The highest BCUT2D eigenvalue weighted by Crippen LogP contribution is 2.21. The van der Waals surface area contributed by atoms with Crippen LogP contribution >= 0.6 is 15.9 Å². The summed E-state index contributed by atoms with van der Waals surface area (Å²) < 4.78 is 2.52. The van der Waals surface area contributed by atoms with Crippen LogP contribution in [0.2, 0.25) is 0 Å². The van der Waals surface area contributed by atoms with E-state index in [0.717, 1.165) is 11.0 Å². The SMILES string of the molecule is CC(C)Cn1ncnc1CC(=O)c1cc(N)ccc1Br. The second-order valence-electron chi connectivity index (χ2n) is 5.09. The van der Waals surface area contributed by atoms with Crippen molar-refractivity contribution in [3.63, 3.8) is 0 Å². The molecule has 1 aromatic carbocycles. The number of nitrogens with zero attached hydrogens (tertiary/aromatic N) is 3. The maximum Gasteiger partial charge on any atom is 0.171 e. The third-order valence-electron chi connectivity index (χ3n) is 2.84. The van der Waals surface area contributed by atoms with Crippen LogP contribution in [0.15, 0.2) is 29.0 Å². The van der Waals surface area contributed by atoms with Crippen LogP contribution in [-0.4, -0.2) is 20.5 Å². The number of Topliss-reactive ketones (excluding diaryl/α,β-unsaturated/α-hetero) is 1. The zero-order chi connectivity index (χ0) is 14.7. The lowest BCUT2D eigenvalue weighted by atomic mass is 10.1. The Morgan fingerprint density at radius 3 is 2.90 bits per heavy atom. The van der Waals surface area contributed by atoms with E-state index >= 15 is 0 Å². The minimum atomic E-state index is -0.0258. The molecule has 1 heterocycles. The van der Waals surface area contributed by atoms with Crippen LogP contribution in [-0.2, 0) is 13.0 Å². The molecule has 0 amide bonds. The van der Waals surface area contributed by atoms with Crippen molar-refractivity contribution in [2.24, 2.45) is 5.92 Å². The van der Waals surface area contributed by atoms with Crippen LogP contribution in [0.4, 0.5) is 5.69 Å². The Labute approximate surface area is 126 Å². The molecular formula is C14H17BrN4O. The summed E-state index contributed by atoms with van der Waals surface area (Å²) in [4.78, 5) is 16.5. The zero-order valence-electron chi connectivity index (χ0n) is 11.5. The molecular weight excluding hydrogens is 320 g/mol. The van der Waals surface area contributed by atoms with E-state index in [0.29, 0.717) is 23.0 Å². The van der Waals surface area contributed by atoms with Gasteiger partial charge in [0.05, 0.1) is 6.42 Å². The van der Waals surface area contributed by atoms with Crippen molar-refractivity contribution in [3.05, 3.63) is 40.4 Å². The molecule has 0 aliphatic heterocycles. The number of nitrogen functional groups attached to an aromatic ring is 1. The summed E-state index contributed by atoms with van der Waals surface area (Å²) in [5.41, 5.74) is 6.87. The Morgan fingerprint density at radius 2 is 2.20 bits per heavy atom. The molecule has 0 aliphatic carbocycles. The van der Waals surface area contributed by atoms with Gasteiger partial charge in [0.25, 0.3) is 0 Å². The first kappa shape index (κ1) is 14.7. The summed E-state index contributed by atoms with van der Waals surface area (Å²) in [5, 5.41) is 4.16. The van der Waals surface area contributed by atoms with Gasteiger partial charge in [-0.25, -0.2) is 9.67 Å². The minimum absolute atomic E-state index is 0.0258. The normalized spacial score (nSPS) is 11.0. The predicted molar refractivity (Wildman–Crippen MR) is 81.4 cm³/mol. The van der Waals surface area contributed by atoms with E-state index in [1.165, 1.54) is 6.33 Å². The van der Waals surface area contributed by atoms with Crippen LogP contribution in [0.3, 0.4) is 0 Å². The minimum Gasteiger partial charge on any atom is -0.399 e. The Kier molecular flexibility index (Phi) is 4.54. The van der Waals surface area contributed by atoms with Gasteiger partial charge in [0.15, 0.2) is 5.78 Å². The number of aromatic nitrogens is 3. The van der Waals surface area contributed by atoms with Crippen molar-refractivity contribution in [3.8, 4) is 0 Å². The molecule has 20 heavy (non-hydrogen) atoms. The number of hydrogen-bond acceptors (Lipinski definition) is 4. The van der Waals surface area contributed by atoms with Gasteiger partial charge in [0.2, 0.25) is 0 Å². The lowest BCUT2D eigenvalue weighted by molar-refractivity contribution is 0.0988. The van der Waals surface area contributed by atoms with Crippen molar-refractivity contribution in [1.29, 1.82) is 0 Å². The van der Waals surface area contributed by atoms with Gasteiger partial charge in [0.1, 0.15) is 12.2 Å². The van der Waals surface area contributed by atoms with E-state index in [2.05, 4.69) is 39.9 Å². The molecule has 0 saturated carbocycles. The number of benzene rings is 1. The molecule has 2 rings (SSSR count). The first-order chi connectivity index (χ1) is 9.47. The Hall–Kier alpha value is -1.69. The first-order valence-corrected chi connectivity index (χ1v) is 7.21. The number of rotatable bonds is 5. The van der Waals surface area contributed by atoms with Gasteiger partial charge in [-0.1, -0.05) is 29.8 Å². The number of nitrogens with two attached hydrogens (primary N) is 1. The van der Waals surface area contributed by atoms with Crippen LogP contribution in [0.25, 0.3) is 0 Å². The quantitative estimate of drug-likeness (QED) is 0.672. The standard InChI is InChI=1S/C14H17BrN4O/c1-9(2)7-19-14(17-8-18-19)6-13(20)11-5-10(16)3-4-12(11)15/h3-5,8-9H,6-7,16H2,1-2H3. The first-order valence-electron chi connectivity index (χ1n) is 6.42. The average molecular weight is 337 g/mol.